The van der Waals surface area contributed by atoms with Crippen LogP contribution in [0, 0.1) is 0 Å². The molecule has 1 aromatic heterocycles. The third kappa shape index (κ3) is 5.40. The first-order chi connectivity index (χ1) is 10.8. The van der Waals surface area contributed by atoms with Gasteiger partial charge < -0.3 is 24.5 Å². The second kappa shape index (κ2) is 8.61. The molecule has 2 N–H and O–H groups in total. The first-order valence-electron chi connectivity index (χ1n) is 7.17. The van der Waals surface area contributed by atoms with E-state index in [9.17, 15) is 4.79 Å². The van der Waals surface area contributed by atoms with Crippen LogP contribution in [0.1, 0.15) is 12.7 Å². The molecule has 6 nitrogen and oxygen atoms in total. The Bertz CT molecular complexity index is 552. The van der Waals surface area contributed by atoms with E-state index in [4.69, 9.17) is 13.9 Å². The molecule has 22 heavy (non-hydrogen) atoms. The van der Waals surface area contributed by atoms with Gasteiger partial charge in [-0.2, -0.15) is 0 Å². The average molecular weight is 304 g/mol. The van der Waals surface area contributed by atoms with Gasteiger partial charge in [-0.05, 0) is 43.3 Å². The van der Waals surface area contributed by atoms with Gasteiger partial charge >= 0.3 is 6.03 Å². The van der Waals surface area contributed by atoms with Gasteiger partial charge in [0, 0.05) is 0 Å². The van der Waals surface area contributed by atoms with E-state index in [1.807, 2.05) is 31.2 Å². The Kier molecular flexibility index (Phi) is 6.17. The fraction of sp³-hybridized carbons (Fsp3) is 0.312. The van der Waals surface area contributed by atoms with Gasteiger partial charge in [-0.15, -0.1) is 0 Å². The van der Waals surface area contributed by atoms with Crippen molar-refractivity contribution in [3.63, 3.8) is 0 Å². The van der Waals surface area contributed by atoms with Crippen LogP contribution in [0.25, 0.3) is 0 Å². The van der Waals surface area contributed by atoms with Crippen molar-refractivity contribution >= 4 is 6.03 Å². The molecule has 0 aliphatic carbocycles. The molecule has 1 heterocycles. The van der Waals surface area contributed by atoms with Crippen LogP contribution in [0.2, 0.25) is 0 Å². The van der Waals surface area contributed by atoms with Gasteiger partial charge in [-0.1, -0.05) is 0 Å². The van der Waals surface area contributed by atoms with Gasteiger partial charge in [0.25, 0.3) is 0 Å². The van der Waals surface area contributed by atoms with Crippen LogP contribution in [0.15, 0.2) is 47.1 Å². The maximum Gasteiger partial charge on any atom is 0.315 e. The lowest BCUT2D eigenvalue weighted by Gasteiger charge is -2.09. The van der Waals surface area contributed by atoms with Gasteiger partial charge in [-0.3, -0.25) is 0 Å². The number of urea groups is 1. The Balaban J connectivity index is 1.59. The van der Waals surface area contributed by atoms with Crippen LogP contribution in [0.5, 0.6) is 11.5 Å². The molecular formula is C16H20N2O4. The Morgan fingerprint density at radius 2 is 1.82 bits per heavy atom. The zero-order valence-corrected chi connectivity index (χ0v) is 12.5. The van der Waals surface area contributed by atoms with E-state index in [2.05, 4.69) is 10.6 Å². The number of rotatable bonds is 8. The molecular weight excluding hydrogens is 284 g/mol. The van der Waals surface area contributed by atoms with E-state index in [-0.39, 0.29) is 6.03 Å². The normalized spacial score (nSPS) is 10.0. The molecule has 0 fully saturated rings. The molecule has 2 rings (SSSR count). The summed E-state index contributed by atoms with van der Waals surface area (Å²) in [6.45, 7) is 3.74. The van der Waals surface area contributed by atoms with Crippen molar-refractivity contribution in [3.05, 3.63) is 48.4 Å². The zero-order valence-electron chi connectivity index (χ0n) is 12.5. The lowest BCUT2D eigenvalue weighted by molar-refractivity contribution is 0.235. The smallest absolute Gasteiger partial charge is 0.315 e. The minimum absolute atomic E-state index is 0.258. The lowest BCUT2D eigenvalue weighted by Crippen LogP contribution is -2.37. The minimum atomic E-state index is -0.258. The molecule has 0 spiro atoms. The first-order valence-corrected chi connectivity index (χ1v) is 7.17. The van der Waals surface area contributed by atoms with E-state index >= 15 is 0 Å². The number of hydrogen-bond acceptors (Lipinski definition) is 4. The molecule has 2 aromatic rings. The molecule has 6 heteroatoms. The Hall–Kier alpha value is -2.63. The highest BCUT2D eigenvalue weighted by Gasteiger charge is 2.01. The molecule has 2 amide bonds. The highest BCUT2D eigenvalue weighted by atomic mass is 16.5. The molecule has 1 aromatic carbocycles. The predicted molar refractivity (Wildman–Crippen MR) is 82.1 cm³/mol. The Morgan fingerprint density at radius 3 is 2.45 bits per heavy atom. The summed E-state index contributed by atoms with van der Waals surface area (Å²) in [6, 6.07) is 10.7. The molecule has 0 bridgehead atoms. The second-order valence-electron chi connectivity index (χ2n) is 4.44. The lowest BCUT2D eigenvalue weighted by atomic mass is 10.3. The molecule has 0 saturated heterocycles. The fourth-order valence-corrected chi connectivity index (χ4v) is 1.78. The van der Waals surface area contributed by atoms with Crippen molar-refractivity contribution in [1.29, 1.82) is 0 Å². The highest BCUT2D eigenvalue weighted by Crippen LogP contribution is 2.17. The van der Waals surface area contributed by atoms with Gasteiger partial charge in [0.2, 0.25) is 0 Å². The summed E-state index contributed by atoms with van der Waals surface area (Å²) < 4.78 is 16.0. The topological polar surface area (TPSA) is 72.7 Å². The minimum Gasteiger partial charge on any atom is -0.494 e. The van der Waals surface area contributed by atoms with Crippen LogP contribution < -0.4 is 20.1 Å². The van der Waals surface area contributed by atoms with Crippen LogP contribution in [0.3, 0.4) is 0 Å². The summed E-state index contributed by atoms with van der Waals surface area (Å²) in [5.74, 6) is 2.26. The van der Waals surface area contributed by atoms with Crippen molar-refractivity contribution in [1.82, 2.24) is 10.6 Å². The zero-order chi connectivity index (χ0) is 15.6. The average Bonchev–Trinajstić information content (AvgIpc) is 3.05. The van der Waals surface area contributed by atoms with Crippen LogP contribution in [0.4, 0.5) is 4.79 Å². The summed E-state index contributed by atoms with van der Waals surface area (Å²) >= 11 is 0. The molecule has 0 radical (unpaired) electrons. The van der Waals surface area contributed by atoms with Gasteiger partial charge in [0.1, 0.15) is 23.9 Å². The standard InChI is InChI=1S/C16H20N2O4/c1-2-20-13-5-7-14(8-6-13)22-11-9-17-16(19)18-12-15-4-3-10-21-15/h3-8,10H,2,9,11-12H2,1H3,(H2,17,18,19). The van der Waals surface area contributed by atoms with E-state index < -0.39 is 0 Å². The van der Waals surface area contributed by atoms with Crippen molar-refractivity contribution in [2.45, 2.75) is 13.5 Å². The maximum atomic E-state index is 11.5. The number of ether oxygens (including phenoxy) is 2. The highest BCUT2D eigenvalue weighted by molar-refractivity contribution is 5.73. The Morgan fingerprint density at radius 1 is 1.09 bits per heavy atom. The number of carbonyl (C=O) groups is 1. The molecule has 0 unspecified atom stereocenters. The number of hydrogen-bond donors (Lipinski definition) is 2. The monoisotopic (exact) mass is 304 g/mol. The third-order valence-corrected chi connectivity index (χ3v) is 2.79. The number of amides is 2. The summed E-state index contributed by atoms with van der Waals surface area (Å²) in [5, 5.41) is 5.39. The second-order valence-corrected chi connectivity index (χ2v) is 4.44. The van der Waals surface area contributed by atoms with Crippen molar-refractivity contribution in [2.24, 2.45) is 0 Å². The van der Waals surface area contributed by atoms with Gasteiger partial charge in [-0.25, -0.2) is 4.79 Å². The molecule has 118 valence electrons. The van der Waals surface area contributed by atoms with E-state index in [1.165, 1.54) is 0 Å². The quantitative estimate of drug-likeness (QED) is 0.735. The Labute approximate surface area is 129 Å². The van der Waals surface area contributed by atoms with Crippen LogP contribution in [-0.2, 0) is 6.54 Å². The summed E-state index contributed by atoms with van der Waals surface area (Å²) in [5.41, 5.74) is 0. The number of nitrogens with one attached hydrogen (secondary N) is 2. The van der Waals surface area contributed by atoms with Crippen LogP contribution >= 0.6 is 0 Å². The maximum absolute atomic E-state index is 11.5. The predicted octanol–water partition coefficient (Wildman–Crippen LogP) is 2.56. The fourth-order valence-electron chi connectivity index (χ4n) is 1.78. The van der Waals surface area contributed by atoms with Crippen molar-refractivity contribution in [2.75, 3.05) is 19.8 Å². The molecule has 0 aliphatic heterocycles. The van der Waals surface area contributed by atoms with Crippen LogP contribution in [-0.4, -0.2) is 25.8 Å². The summed E-state index contributed by atoms with van der Waals surface area (Å²) in [6.07, 6.45) is 1.57. The van der Waals surface area contributed by atoms with Crippen molar-refractivity contribution < 1.29 is 18.7 Å². The van der Waals surface area contributed by atoms with Gasteiger partial charge in [0.15, 0.2) is 0 Å². The molecule has 0 atom stereocenters. The van der Waals surface area contributed by atoms with Crippen molar-refractivity contribution in [3.8, 4) is 11.5 Å². The molecule has 0 saturated carbocycles. The number of carbonyl (C=O) groups excluding carboxylic acids is 1. The van der Waals surface area contributed by atoms with Gasteiger partial charge in [0.05, 0.1) is 26.0 Å². The summed E-state index contributed by atoms with van der Waals surface area (Å²) in [7, 11) is 0. The van der Waals surface area contributed by atoms with E-state index in [0.717, 1.165) is 11.5 Å². The summed E-state index contributed by atoms with van der Waals surface area (Å²) in [4.78, 5) is 11.5. The largest absolute Gasteiger partial charge is 0.494 e. The number of furan rings is 1. The number of benzene rings is 1. The first kappa shape index (κ1) is 15.8. The SMILES string of the molecule is CCOc1ccc(OCCNC(=O)NCc2ccco2)cc1. The molecule has 0 aliphatic rings. The third-order valence-electron chi connectivity index (χ3n) is 2.79. The van der Waals surface area contributed by atoms with E-state index in [1.54, 1.807) is 18.4 Å². The van der Waals surface area contributed by atoms with E-state index in [0.29, 0.717) is 32.1 Å².